The van der Waals surface area contributed by atoms with Crippen molar-refractivity contribution in [1.29, 1.82) is 0 Å². The number of thioether (sulfide) groups is 1. The van der Waals surface area contributed by atoms with Crippen LogP contribution in [0, 0.1) is 0 Å². The first-order chi connectivity index (χ1) is 17.0. The minimum atomic E-state index is -0.197. The number of Topliss-reactive ketones (excluding diaryl/α,β-unsaturated/α-hetero) is 1. The molecule has 9 heteroatoms. The Morgan fingerprint density at radius 3 is 2.29 bits per heavy atom. The third-order valence-corrected chi connectivity index (χ3v) is 5.98. The number of hydrogen-bond donors (Lipinski definition) is 1. The lowest BCUT2D eigenvalue weighted by molar-refractivity contribution is -0.113. The van der Waals surface area contributed by atoms with Gasteiger partial charge in [0, 0.05) is 16.9 Å². The normalized spacial score (nSPS) is 10.6. The zero-order chi connectivity index (χ0) is 24.6. The Bertz CT molecular complexity index is 1290. The SMILES string of the molecule is COc1ccc(-n2c(COc3ccccc3)nnc2SCC(=O)Nc2ccc(C(C)=O)cc2)cc1. The summed E-state index contributed by atoms with van der Waals surface area (Å²) in [5, 5.41) is 12.0. The van der Waals surface area contributed by atoms with E-state index < -0.39 is 0 Å². The Balaban J connectivity index is 1.49. The number of amides is 1. The van der Waals surface area contributed by atoms with Crippen LogP contribution in [0.4, 0.5) is 5.69 Å². The number of carbonyl (C=O) groups is 2. The maximum absolute atomic E-state index is 12.6. The standard InChI is InChI=1S/C26H24N4O4S/c1-18(31)19-8-10-20(11-9-19)27-25(32)17-35-26-29-28-24(16-34-23-6-4-3-5-7-23)30(26)21-12-14-22(33-2)15-13-21/h3-15H,16-17H2,1-2H3,(H,27,32). The van der Waals surface area contributed by atoms with Crippen LogP contribution in [-0.4, -0.2) is 39.3 Å². The first-order valence-electron chi connectivity index (χ1n) is 10.8. The van der Waals surface area contributed by atoms with E-state index in [1.165, 1.54) is 18.7 Å². The van der Waals surface area contributed by atoms with Crippen LogP contribution in [0.5, 0.6) is 11.5 Å². The van der Waals surface area contributed by atoms with Gasteiger partial charge in [-0.25, -0.2) is 0 Å². The molecule has 4 aromatic rings. The Hall–Kier alpha value is -4.11. The number of hydrogen-bond acceptors (Lipinski definition) is 7. The molecule has 178 valence electrons. The molecule has 0 saturated heterocycles. The van der Waals surface area contributed by atoms with Gasteiger partial charge in [-0.1, -0.05) is 30.0 Å². The van der Waals surface area contributed by atoms with E-state index >= 15 is 0 Å². The number of rotatable bonds is 10. The van der Waals surface area contributed by atoms with Crippen molar-refractivity contribution in [2.24, 2.45) is 0 Å². The minimum absolute atomic E-state index is 0.0247. The van der Waals surface area contributed by atoms with Gasteiger partial charge >= 0.3 is 0 Å². The number of aromatic nitrogens is 3. The maximum atomic E-state index is 12.6. The molecule has 0 radical (unpaired) electrons. The monoisotopic (exact) mass is 488 g/mol. The van der Waals surface area contributed by atoms with Gasteiger partial charge in [-0.2, -0.15) is 0 Å². The molecule has 8 nitrogen and oxygen atoms in total. The van der Waals surface area contributed by atoms with E-state index in [9.17, 15) is 9.59 Å². The molecular formula is C26H24N4O4S. The number of anilines is 1. The number of nitrogens with one attached hydrogen (secondary N) is 1. The topological polar surface area (TPSA) is 95.3 Å². The molecular weight excluding hydrogens is 464 g/mol. The smallest absolute Gasteiger partial charge is 0.234 e. The van der Waals surface area contributed by atoms with Crippen LogP contribution < -0.4 is 14.8 Å². The number of nitrogens with zero attached hydrogens (tertiary/aromatic N) is 3. The molecule has 35 heavy (non-hydrogen) atoms. The highest BCUT2D eigenvalue weighted by Gasteiger charge is 2.17. The fraction of sp³-hybridized carbons (Fsp3) is 0.154. The highest BCUT2D eigenvalue weighted by Crippen LogP contribution is 2.25. The summed E-state index contributed by atoms with van der Waals surface area (Å²) in [5.74, 6) is 1.96. The number of benzene rings is 3. The second kappa shape index (κ2) is 11.3. The van der Waals surface area contributed by atoms with E-state index in [-0.39, 0.29) is 24.1 Å². The van der Waals surface area contributed by atoms with Crippen LogP contribution in [0.25, 0.3) is 5.69 Å². The van der Waals surface area contributed by atoms with E-state index in [1.54, 1.807) is 31.4 Å². The molecule has 0 spiro atoms. The molecule has 3 aromatic carbocycles. The van der Waals surface area contributed by atoms with E-state index in [4.69, 9.17) is 9.47 Å². The fourth-order valence-electron chi connectivity index (χ4n) is 3.26. The summed E-state index contributed by atoms with van der Waals surface area (Å²) in [6, 6.07) is 23.7. The van der Waals surface area contributed by atoms with Crippen LogP contribution in [0.3, 0.4) is 0 Å². The zero-order valence-electron chi connectivity index (χ0n) is 19.3. The molecule has 0 fully saturated rings. The molecule has 4 rings (SSSR count). The van der Waals surface area contributed by atoms with E-state index in [0.29, 0.717) is 22.2 Å². The average Bonchev–Trinajstić information content (AvgIpc) is 3.30. The Morgan fingerprint density at radius 1 is 0.914 bits per heavy atom. The number of para-hydroxylation sites is 1. The molecule has 1 heterocycles. The molecule has 0 aliphatic carbocycles. The van der Waals surface area contributed by atoms with Crippen LogP contribution in [-0.2, 0) is 11.4 Å². The fourth-order valence-corrected chi connectivity index (χ4v) is 4.03. The van der Waals surface area contributed by atoms with Gasteiger partial charge in [-0.15, -0.1) is 10.2 Å². The lowest BCUT2D eigenvalue weighted by Gasteiger charge is -2.12. The van der Waals surface area contributed by atoms with Crippen molar-refractivity contribution in [1.82, 2.24) is 14.8 Å². The second-order valence-electron chi connectivity index (χ2n) is 7.50. The molecule has 0 saturated carbocycles. The summed E-state index contributed by atoms with van der Waals surface area (Å²) in [4.78, 5) is 24.0. The predicted molar refractivity (Wildman–Crippen MR) is 134 cm³/mol. The Morgan fingerprint density at radius 2 is 1.63 bits per heavy atom. The van der Waals surface area contributed by atoms with Crippen LogP contribution >= 0.6 is 11.8 Å². The summed E-state index contributed by atoms with van der Waals surface area (Å²) >= 11 is 1.27. The molecule has 0 aliphatic heterocycles. The van der Waals surface area contributed by atoms with Crippen molar-refractivity contribution in [3.63, 3.8) is 0 Å². The molecule has 0 unspecified atom stereocenters. The lowest BCUT2D eigenvalue weighted by Crippen LogP contribution is -2.15. The summed E-state index contributed by atoms with van der Waals surface area (Å²) in [6.07, 6.45) is 0. The summed E-state index contributed by atoms with van der Waals surface area (Å²) in [6.45, 7) is 1.71. The maximum Gasteiger partial charge on any atom is 0.234 e. The third kappa shape index (κ3) is 6.27. The van der Waals surface area contributed by atoms with Gasteiger partial charge in [-0.05, 0) is 67.6 Å². The molecule has 0 aliphatic rings. The van der Waals surface area contributed by atoms with E-state index in [0.717, 1.165) is 17.2 Å². The lowest BCUT2D eigenvalue weighted by atomic mass is 10.1. The van der Waals surface area contributed by atoms with Gasteiger partial charge in [0.1, 0.15) is 18.1 Å². The summed E-state index contributed by atoms with van der Waals surface area (Å²) < 4.78 is 13.0. The van der Waals surface area contributed by atoms with Crippen LogP contribution in [0.15, 0.2) is 84.0 Å². The predicted octanol–water partition coefficient (Wildman–Crippen LogP) is 4.79. The van der Waals surface area contributed by atoms with Gasteiger partial charge in [0.2, 0.25) is 5.91 Å². The van der Waals surface area contributed by atoms with Crippen molar-refractivity contribution >= 4 is 29.1 Å². The minimum Gasteiger partial charge on any atom is -0.497 e. The van der Waals surface area contributed by atoms with Gasteiger partial charge < -0.3 is 14.8 Å². The van der Waals surface area contributed by atoms with Gasteiger partial charge in [0.05, 0.1) is 12.9 Å². The van der Waals surface area contributed by atoms with Crippen molar-refractivity contribution in [3.8, 4) is 17.2 Å². The van der Waals surface area contributed by atoms with Gasteiger partial charge in [-0.3, -0.25) is 14.2 Å². The van der Waals surface area contributed by atoms with E-state index in [1.807, 2.05) is 59.2 Å². The number of ketones is 1. The van der Waals surface area contributed by atoms with E-state index in [2.05, 4.69) is 15.5 Å². The number of ether oxygens (including phenoxy) is 2. The van der Waals surface area contributed by atoms with Crippen molar-refractivity contribution in [3.05, 3.63) is 90.3 Å². The van der Waals surface area contributed by atoms with Crippen molar-refractivity contribution < 1.29 is 19.1 Å². The molecule has 1 aromatic heterocycles. The first kappa shape index (κ1) is 24.0. The second-order valence-corrected chi connectivity index (χ2v) is 8.45. The highest BCUT2D eigenvalue weighted by molar-refractivity contribution is 7.99. The molecule has 1 amide bonds. The van der Waals surface area contributed by atoms with Gasteiger partial charge in [0.15, 0.2) is 16.8 Å². The number of carbonyl (C=O) groups excluding carboxylic acids is 2. The summed E-state index contributed by atoms with van der Waals surface area (Å²) in [5.41, 5.74) is 2.04. The highest BCUT2D eigenvalue weighted by atomic mass is 32.2. The van der Waals surface area contributed by atoms with Crippen molar-refractivity contribution in [2.75, 3.05) is 18.2 Å². The molecule has 1 N–H and O–H groups in total. The Labute approximate surface area is 207 Å². The third-order valence-electron chi connectivity index (χ3n) is 5.05. The van der Waals surface area contributed by atoms with Crippen LogP contribution in [0.1, 0.15) is 23.1 Å². The zero-order valence-corrected chi connectivity index (χ0v) is 20.1. The molecule has 0 bridgehead atoms. The quantitative estimate of drug-likeness (QED) is 0.253. The first-order valence-corrected chi connectivity index (χ1v) is 11.8. The van der Waals surface area contributed by atoms with Crippen molar-refractivity contribution in [2.45, 2.75) is 18.7 Å². The summed E-state index contributed by atoms with van der Waals surface area (Å²) in [7, 11) is 1.61. The number of methoxy groups -OCH3 is 1. The van der Waals surface area contributed by atoms with Crippen LogP contribution in [0.2, 0.25) is 0 Å². The Kier molecular flexibility index (Phi) is 7.79. The van der Waals surface area contributed by atoms with Gasteiger partial charge in [0.25, 0.3) is 0 Å². The molecule has 0 atom stereocenters. The largest absolute Gasteiger partial charge is 0.497 e. The average molecular weight is 489 g/mol.